The maximum atomic E-state index is 11.8. The molecule has 0 saturated heterocycles. The molecule has 1 rings (SSSR count). The van der Waals surface area contributed by atoms with E-state index in [1.54, 1.807) is 0 Å². The molecular weight excluding hydrogens is 218 g/mol. The summed E-state index contributed by atoms with van der Waals surface area (Å²) in [5, 5.41) is 6.64. The molecule has 0 atom stereocenters. The minimum absolute atomic E-state index is 0.157. The van der Waals surface area contributed by atoms with Crippen molar-refractivity contribution in [1.82, 2.24) is 15.4 Å². The zero-order valence-corrected chi connectivity index (χ0v) is 11.0. The summed E-state index contributed by atoms with van der Waals surface area (Å²) in [7, 11) is 2.02. The maximum Gasteiger partial charge on any atom is 0.273 e. The molecule has 0 bridgehead atoms. The van der Waals surface area contributed by atoms with E-state index in [4.69, 9.17) is 4.52 Å². The highest BCUT2D eigenvalue weighted by atomic mass is 16.5. The smallest absolute Gasteiger partial charge is 0.273 e. The summed E-state index contributed by atoms with van der Waals surface area (Å²) in [5.41, 5.74) is 1.25. The monoisotopic (exact) mass is 239 g/mol. The van der Waals surface area contributed by atoms with E-state index >= 15 is 0 Å². The molecule has 17 heavy (non-hydrogen) atoms. The van der Waals surface area contributed by atoms with Gasteiger partial charge in [0, 0.05) is 25.1 Å². The Hall–Kier alpha value is -1.36. The first kappa shape index (κ1) is 13.7. The summed E-state index contributed by atoms with van der Waals surface area (Å²) in [6.07, 6.45) is 0.755. The standard InChI is InChI=1S/C12H21N3O2/c1-5-10-9(3)11(14-17-10)12(16)13-7-8-15(4)6-2/h5-8H2,1-4H3,(H,13,16). The minimum Gasteiger partial charge on any atom is -0.360 e. The fraction of sp³-hybridized carbons (Fsp3) is 0.667. The van der Waals surface area contributed by atoms with Gasteiger partial charge in [-0.1, -0.05) is 19.0 Å². The Labute approximate surface area is 102 Å². The summed E-state index contributed by atoms with van der Waals surface area (Å²) in [4.78, 5) is 13.9. The highest BCUT2D eigenvalue weighted by molar-refractivity contribution is 5.93. The van der Waals surface area contributed by atoms with E-state index in [1.807, 2.05) is 20.9 Å². The van der Waals surface area contributed by atoms with Gasteiger partial charge in [-0.2, -0.15) is 0 Å². The van der Waals surface area contributed by atoms with Crippen LogP contribution in [0, 0.1) is 6.92 Å². The lowest BCUT2D eigenvalue weighted by atomic mass is 10.2. The normalized spacial score (nSPS) is 10.9. The van der Waals surface area contributed by atoms with Crippen molar-refractivity contribution in [3.05, 3.63) is 17.0 Å². The van der Waals surface area contributed by atoms with E-state index in [0.29, 0.717) is 12.2 Å². The first-order valence-electron chi connectivity index (χ1n) is 6.02. The Morgan fingerprint density at radius 3 is 2.71 bits per heavy atom. The van der Waals surface area contributed by atoms with Gasteiger partial charge in [-0.25, -0.2) is 0 Å². The number of nitrogens with one attached hydrogen (secondary N) is 1. The van der Waals surface area contributed by atoms with Crippen LogP contribution >= 0.6 is 0 Å². The fourth-order valence-electron chi connectivity index (χ4n) is 1.51. The molecule has 1 aromatic rings. The number of likely N-dealkylation sites (N-methyl/N-ethyl adjacent to an activating group) is 1. The van der Waals surface area contributed by atoms with Crippen molar-refractivity contribution in [2.45, 2.75) is 27.2 Å². The molecule has 0 spiro atoms. The predicted octanol–water partition coefficient (Wildman–Crippen LogP) is 1.23. The van der Waals surface area contributed by atoms with Crippen molar-refractivity contribution >= 4 is 5.91 Å². The van der Waals surface area contributed by atoms with E-state index in [9.17, 15) is 4.79 Å². The van der Waals surface area contributed by atoms with Gasteiger partial charge in [0.2, 0.25) is 0 Å². The number of amides is 1. The van der Waals surface area contributed by atoms with Gasteiger partial charge in [-0.05, 0) is 20.5 Å². The van der Waals surface area contributed by atoms with Crippen LogP contribution in [0.25, 0.3) is 0 Å². The van der Waals surface area contributed by atoms with E-state index in [1.165, 1.54) is 0 Å². The van der Waals surface area contributed by atoms with E-state index < -0.39 is 0 Å². The summed E-state index contributed by atoms with van der Waals surface area (Å²) >= 11 is 0. The van der Waals surface area contributed by atoms with Gasteiger partial charge in [-0.3, -0.25) is 4.79 Å². The minimum atomic E-state index is -0.157. The predicted molar refractivity (Wildman–Crippen MR) is 66.1 cm³/mol. The molecule has 1 N–H and O–H groups in total. The van der Waals surface area contributed by atoms with Crippen LogP contribution in [0.3, 0.4) is 0 Å². The molecule has 5 heteroatoms. The van der Waals surface area contributed by atoms with Crippen LogP contribution in [0.15, 0.2) is 4.52 Å². The topological polar surface area (TPSA) is 58.4 Å². The average Bonchev–Trinajstić information content (AvgIpc) is 2.70. The Kier molecular flexibility index (Phi) is 5.15. The highest BCUT2D eigenvalue weighted by Gasteiger charge is 2.16. The fourth-order valence-corrected chi connectivity index (χ4v) is 1.51. The van der Waals surface area contributed by atoms with Gasteiger partial charge >= 0.3 is 0 Å². The number of rotatable bonds is 6. The highest BCUT2D eigenvalue weighted by Crippen LogP contribution is 2.12. The molecule has 0 aliphatic carbocycles. The number of aromatic nitrogens is 1. The van der Waals surface area contributed by atoms with Gasteiger partial charge in [0.25, 0.3) is 5.91 Å². The quantitative estimate of drug-likeness (QED) is 0.811. The van der Waals surface area contributed by atoms with Gasteiger partial charge in [0.15, 0.2) is 5.69 Å². The maximum absolute atomic E-state index is 11.8. The van der Waals surface area contributed by atoms with E-state index in [0.717, 1.165) is 30.8 Å². The van der Waals surface area contributed by atoms with Gasteiger partial charge in [-0.15, -0.1) is 0 Å². The Bertz CT molecular complexity index is 374. The van der Waals surface area contributed by atoms with Crippen LogP contribution in [0.4, 0.5) is 0 Å². The van der Waals surface area contributed by atoms with Crippen molar-refractivity contribution in [1.29, 1.82) is 0 Å². The Morgan fingerprint density at radius 2 is 2.18 bits per heavy atom. The van der Waals surface area contributed by atoms with Crippen molar-refractivity contribution in [3.63, 3.8) is 0 Å². The van der Waals surface area contributed by atoms with Gasteiger partial charge < -0.3 is 14.7 Å². The molecule has 0 aliphatic rings. The number of hydrogen-bond acceptors (Lipinski definition) is 4. The van der Waals surface area contributed by atoms with Crippen LogP contribution in [0.5, 0.6) is 0 Å². The molecule has 1 amide bonds. The zero-order valence-electron chi connectivity index (χ0n) is 11.0. The molecule has 1 aromatic heterocycles. The molecule has 96 valence electrons. The molecule has 0 fully saturated rings. The molecule has 0 saturated carbocycles. The van der Waals surface area contributed by atoms with Crippen molar-refractivity contribution in [2.24, 2.45) is 0 Å². The Balaban J connectivity index is 2.50. The van der Waals surface area contributed by atoms with Crippen molar-refractivity contribution in [3.8, 4) is 0 Å². The van der Waals surface area contributed by atoms with E-state index in [2.05, 4.69) is 22.3 Å². The third-order valence-electron chi connectivity index (χ3n) is 2.88. The summed E-state index contributed by atoms with van der Waals surface area (Å²) in [5.74, 6) is 0.622. The molecular formula is C12H21N3O2. The van der Waals surface area contributed by atoms with Crippen LogP contribution in [-0.4, -0.2) is 42.6 Å². The van der Waals surface area contributed by atoms with Crippen LogP contribution in [0.1, 0.15) is 35.7 Å². The second-order valence-corrected chi connectivity index (χ2v) is 4.08. The molecule has 0 unspecified atom stereocenters. The van der Waals surface area contributed by atoms with Gasteiger partial charge in [0.05, 0.1) is 0 Å². The third-order valence-corrected chi connectivity index (χ3v) is 2.88. The number of aryl methyl sites for hydroxylation is 1. The van der Waals surface area contributed by atoms with Crippen LogP contribution < -0.4 is 5.32 Å². The molecule has 0 radical (unpaired) electrons. The van der Waals surface area contributed by atoms with Crippen LogP contribution in [-0.2, 0) is 6.42 Å². The summed E-state index contributed by atoms with van der Waals surface area (Å²) in [6, 6.07) is 0. The number of carbonyl (C=O) groups is 1. The number of carbonyl (C=O) groups excluding carboxylic acids is 1. The van der Waals surface area contributed by atoms with Crippen LogP contribution in [0.2, 0.25) is 0 Å². The first-order chi connectivity index (χ1) is 8.10. The largest absolute Gasteiger partial charge is 0.360 e. The lowest BCUT2D eigenvalue weighted by molar-refractivity contribution is 0.0940. The zero-order chi connectivity index (χ0) is 12.8. The molecule has 1 heterocycles. The molecule has 0 aromatic carbocycles. The number of nitrogens with zero attached hydrogens (tertiary/aromatic N) is 2. The first-order valence-corrected chi connectivity index (χ1v) is 6.02. The lowest BCUT2D eigenvalue weighted by Crippen LogP contribution is -2.33. The molecule has 5 nitrogen and oxygen atoms in total. The summed E-state index contributed by atoms with van der Waals surface area (Å²) in [6.45, 7) is 8.35. The summed E-state index contributed by atoms with van der Waals surface area (Å²) < 4.78 is 5.09. The van der Waals surface area contributed by atoms with Crippen molar-refractivity contribution in [2.75, 3.05) is 26.7 Å². The molecule has 0 aliphatic heterocycles. The Morgan fingerprint density at radius 1 is 1.47 bits per heavy atom. The van der Waals surface area contributed by atoms with Crippen molar-refractivity contribution < 1.29 is 9.32 Å². The second kappa shape index (κ2) is 6.39. The van der Waals surface area contributed by atoms with E-state index in [-0.39, 0.29) is 5.91 Å². The second-order valence-electron chi connectivity index (χ2n) is 4.08. The average molecular weight is 239 g/mol. The third kappa shape index (κ3) is 3.56. The number of hydrogen-bond donors (Lipinski definition) is 1. The van der Waals surface area contributed by atoms with Gasteiger partial charge in [0.1, 0.15) is 5.76 Å². The SMILES string of the molecule is CCc1onc(C(=O)NCCN(C)CC)c1C. The lowest BCUT2D eigenvalue weighted by Gasteiger charge is -2.13.